The van der Waals surface area contributed by atoms with E-state index in [0.717, 1.165) is 0 Å². The van der Waals surface area contributed by atoms with Crippen molar-refractivity contribution < 1.29 is 9.90 Å². The lowest BCUT2D eigenvalue weighted by molar-refractivity contribution is -0.137. The van der Waals surface area contributed by atoms with E-state index < -0.39 is 5.97 Å². The van der Waals surface area contributed by atoms with Crippen molar-refractivity contribution in [3.63, 3.8) is 0 Å². The molecule has 0 aromatic rings. The van der Waals surface area contributed by atoms with Gasteiger partial charge in [0.05, 0.1) is 0 Å². The Hall–Kier alpha value is -0.880. The van der Waals surface area contributed by atoms with E-state index in [9.17, 15) is 4.79 Å². The highest BCUT2D eigenvalue weighted by molar-refractivity contribution is 7.80. The Morgan fingerprint density at radius 3 is 2.62 bits per heavy atom. The van der Waals surface area contributed by atoms with E-state index >= 15 is 0 Å². The van der Waals surface area contributed by atoms with Crippen LogP contribution < -0.4 is 10.7 Å². The van der Waals surface area contributed by atoms with E-state index in [0.29, 0.717) is 18.1 Å². The van der Waals surface area contributed by atoms with Crippen LogP contribution in [0.3, 0.4) is 0 Å². The van der Waals surface area contributed by atoms with E-state index in [1.165, 1.54) is 0 Å². The SMILES string of the molecule is CN(C)NC(=S)NCCCC(=O)O. The average molecular weight is 205 g/mol. The van der Waals surface area contributed by atoms with Crippen molar-refractivity contribution in [2.75, 3.05) is 20.6 Å². The largest absolute Gasteiger partial charge is 0.481 e. The molecule has 0 unspecified atom stereocenters. The summed E-state index contributed by atoms with van der Waals surface area (Å²) in [7, 11) is 3.65. The lowest BCUT2D eigenvalue weighted by Crippen LogP contribution is -2.43. The fourth-order valence-electron chi connectivity index (χ4n) is 0.684. The molecule has 0 amide bonds. The molecular weight excluding hydrogens is 190 g/mol. The third kappa shape index (κ3) is 9.03. The minimum absolute atomic E-state index is 0.164. The van der Waals surface area contributed by atoms with Crippen molar-refractivity contribution in [1.82, 2.24) is 15.8 Å². The topological polar surface area (TPSA) is 64.6 Å². The standard InChI is InChI=1S/C7H15N3O2S/c1-10(2)9-7(13)8-5-3-4-6(11)12/h3-5H2,1-2H3,(H,11,12)(H2,8,9,13). The molecule has 0 spiro atoms. The van der Waals surface area contributed by atoms with Crippen LogP contribution in [-0.4, -0.2) is 41.8 Å². The number of hydrogen-bond acceptors (Lipinski definition) is 3. The molecule has 0 aliphatic rings. The highest BCUT2D eigenvalue weighted by Gasteiger charge is 1.98. The van der Waals surface area contributed by atoms with Crippen LogP contribution in [0.1, 0.15) is 12.8 Å². The summed E-state index contributed by atoms with van der Waals surface area (Å²) in [5.41, 5.74) is 2.84. The van der Waals surface area contributed by atoms with E-state index in [1.807, 2.05) is 14.1 Å². The maximum atomic E-state index is 10.1. The van der Waals surface area contributed by atoms with Gasteiger partial charge in [-0.15, -0.1) is 0 Å². The quantitative estimate of drug-likeness (QED) is 0.328. The van der Waals surface area contributed by atoms with Crippen molar-refractivity contribution in [1.29, 1.82) is 0 Å². The fourth-order valence-corrected chi connectivity index (χ4v) is 0.969. The number of nitrogens with zero attached hydrogens (tertiary/aromatic N) is 1. The van der Waals surface area contributed by atoms with Crippen molar-refractivity contribution in [2.45, 2.75) is 12.8 Å². The second kappa shape index (κ2) is 6.62. The first-order valence-electron chi connectivity index (χ1n) is 3.96. The van der Waals surface area contributed by atoms with E-state index in [2.05, 4.69) is 10.7 Å². The summed E-state index contributed by atoms with van der Waals surface area (Å²) in [4.78, 5) is 10.1. The first kappa shape index (κ1) is 12.1. The number of hydrogen-bond donors (Lipinski definition) is 3. The summed E-state index contributed by atoms with van der Waals surface area (Å²) >= 11 is 4.90. The molecule has 0 aliphatic heterocycles. The van der Waals surface area contributed by atoms with Crippen LogP contribution in [0.25, 0.3) is 0 Å². The van der Waals surface area contributed by atoms with Gasteiger partial charge in [-0.25, -0.2) is 5.01 Å². The summed E-state index contributed by atoms with van der Waals surface area (Å²) in [6, 6.07) is 0. The van der Waals surface area contributed by atoms with Crippen LogP contribution >= 0.6 is 12.2 Å². The monoisotopic (exact) mass is 205 g/mol. The second-order valence-corrected chi connectivity index (χ2v) is 3.17. The van der Waals surface area contributed by atoms with Gasteiger partial charge in [0.1, 0.15) is 0 Å². The molecular formula is C7H15N3O2S. The zero-order valence-corrected chi connectivity index (χ0v) is 8.65. The summed E-state index contributed by atoms with van der Waals surface area (Å²) in [6.45, 7) is 0.575. The van der Waals surface area contributed by atoms with Crippen LogP contribution in [0.2, 0.25) is 0 Å². The van der Waals surface area contributed by atoms with Gasteiger partial charge in [0.2, 0.25) is 0 Å². The third-order valence-corrected chi connectivity index (χ3v) is 1.41. The molecule has 76 valence electrons. The zero-order valence-electron chi connectivity index (χ0n) is 7.83. The molecule has 0 rings (SSSR count). The second-order valence-electron chi connectivity index (χ2n) is 2.76. The maximum absolute atomic E-state index is 10.1. The summed E-state index contributed by atoms with van der Waals surface area (Å²) < 4.78 is 0. The fraction of sp³-hybridized carbons (Fsp3) is 0.714. The molecule has 0 saturated heterocycles. The molecule has 0 saturated carbocycles. The average Bonchev–Trinajstić information content (AvgIpc) is 1.96. The molecule has 0 radical (unpaired) electrons. The van der Waals surface area contributed by atoms with Gasteiger partial charge in [0.15, 0.2) is 5.11 Å². The number of thiocarbonyl (C=S) groups is 1. The van der Waals surface area contributed by atoms with Crippen LogP contribution in [0.15, 0.2) is 0 Å². The van der Waals surface area contributed by atoms with Crippen molar-refractivity contribution in [2.24, 2.45) is 0 Å². The van der Waals surface area contributed by atoms with Crippen LogP contribution in [0, 0.1) is 0 Å². The molecule has 0 aromatic carbocycles. The van der Waals surface area contributed by atoms with E-state index in [1.54, 1.807) is 5.01 Å². The number of rotatable bonds is 5. The lowest BCUT2D eigenvalue weighted by atomic mass is 10.3. The Bertz CT molecular complexity index is 185. The Balaban J connectivity index is 3.32. The first-order chi connectivity index (χ1) is 6.02. The number of carboxylic acid groups (broad SMARTS) is 1. The number of carboxylic acids is 1. The molecule has 0 fully saturated rings. The molecule has 0 aliphatic carbocycles. The van der Waals surface area contributed by atoms with Crippen LogP contribution in [0.5, 0.6) is 0 Å². The Morgan fingerprint density at radius 1 is 1.54 bits per heavy atom. The Labute approximate surface area is 83.1 Å². The first-order valence-corrected chi connectivity index (χ1v) is 4.37. The van der Waals surface area contributed by atoms with Gasteiger partial charge in [-0.2, -0.15) is 0 Å². The van der Waals surface area contributed by atoms with E-state index in [4.69, 9.17) is 17.3 Å². The molecule has 0 bridgehead atoms. The number of nitrogens with one attached hydrogen (secondary N) is 2. The van der Waals surface area contributed by atoms with Gasteiger partial charge in [0.25, 0.3) is 0 Å². The normalized spacial score (nSPS) is 9.77. The Morgan fingerprint density at radius 2 is 2.15 bits per heavy atom. The van der Waals surface area contributed by atoms with Gasteiger partial charge >= 0.3 is 5.97 Å². The van der Waals surface area contributed by atoms with Crippen LogP contribution in [0.4, 0.5) is 0 Å². The Kier molecular flexibility index (Phi) is 6.17. The number of hydrazine groups is 1. The predicted molar refractivity (Wildman–Crippen MR) is 54.3 cm³/mol. The minimum atomic E-state index is -0.784. The van der Waals surface area contributed by atoms with Gasteiger partial charge in [-0.3, -0.25) is 10.2 Å². The van der Waals surface area contributed by atoms with E-state index in [-0.39, 0.29) is 6.42 Å². The molecule has 3 N–H and O–H groups in total. The zero-order chi connectivity index (χ0) is 10.3. The molecule has 0 heterocycles. The smallest absolute Gasteiger partial charge is 0.303 e. The minimum Gasteiger partial charge on any atom is -0.481 e. The summed E-state index contributed by atoms with van der Waals surface area (Å²) in [6.07, 6.45) is 0.738. The molecule has 13 heavy (non-hydrogen) atoms. The predicted octanol–water partition coefficient (Wildman–Crippen LogP) is -0.208. The summed E-state index contributed by atoms with van der Waals surface area (Å²) in [5.74, 6) is -0.784. The highest BCUT2D eigenvalue weighted by atomic mass is 32.1. The molecule has 0 atom stereocenters. The van der Waals surface area contributed by atoms with Crippen molar-refractivity contribution >= 4 is 23.3 Å². The lowest BCUT2D eigenvalue weighted by Gasteiger charge is -2.15. The molecule has 6 heteroatoms. The molecule has 5 nitrogen and oxygen atoms in total. The van der Waals surface area contributed by atoms with Gasteiger partial charge in [-0.05, 0) is 18.6 Å². The molecule has 0 aromatic heterocycles. The van der Waals surface area contributed by atoms with Gasteiger partial charge in [0, 0.05) is 27.1 Å². The van der Waals surface area contributed by atoms with Crippen molar-refractivity contribution in [3.05, 3.63) is 0 Å². The highest BCUT2D eigenvalue weighted by Crippen LogP contribution is 1.85. The number of aliphatic carboxylic acids is 1. The third-order valence-electron chi connectivity index (χ3n) is 1.18. The van der Waals surface area contributed by atoms with Gasteiger partial charge in [-0.1, -0.05) is 0 Å². The number of carbonyl (C=O) groups is 1. The van der Waals surface area contributed by atoms with Gasteiger partial charge < -0.3 is 10.4 Å². The summed E-state index contributed by atoms with van der Waals surface area (Å²) in [5, 5.41) is 13.4. The van der Waals surface area contributed by atoms with Crippen LogP contribution in [-0.2, 0) is 4.79 Å². The van der Waals surface area contributed by atoms with Crippen molar-refractivity contribution in [3.8, 4) is 0 Å². The maximum Gasteiger partial charge on any atom is 0.303 e.